The predicted molar refractivity (Wildman–Crippen MR) is 64.5 cm³/mol. The maximum atomic E-state index is 12.5. The monoisotopic (exact) mass is 305 g/mol. The van der Waals surface area contributed by atoms with E-state index in [1.807, 2.05) is 0 Å². The summed E-state index contributed by atoms with van der Waals surface area (Å²) in [5.41, 5.74) is -0.587. The minimum atomic E-state index is -4.74. The van der Waals surface area contributed by atoms with Crippen LogP contribution in [0.3, 0.4) is 0 Å². The fourth-order valence-electron chi connectivity index (χ4n) is 2.12. The van der Waals surface area contributed by atoms with Gasteiger partial charge in [-0.3, -0.25) is 0 Å². The molecule has 1 N–H and O–H groups in total. The van der Waals surface area contributed by atoms with Crippen LogP contribution in [0.5, 0.6) is 0 Å². The Balaban J connectivity index is 0.00000324. The second-order valence-corrected chi connectivity index (χ2v) is 5.88. The number of rotatable bonds is 2. The van der Waals surface area contributed by atoms with Crippen LogP contribution in [0.4, 0.5) is 17.7 Å². The van der Waals surface area contributed by atoms with E-state index < -0.39 is 24.5 Å². The van der Waals surface area contributed by atoms with Crippen LogP contribution in [0.2, 0.25) is 5.82 Å². The van der Waals surface area contributed by atoms with E-state index in [-0.39, 0.29) is 70.3 Å². The molecule has 1 saturated carbocycles. The standard InChI is InChI=1S/C11H20BF3NO2.K/c1-11(2,3)18-10(17)16-9-6-4-8(5-7-9)12(13,14)15;/h8-9H,4-7H2,1-3H3,(H,16,17);/q-1;+1. The van der Waals surface area contributed by atoms with E-state index in [9.17, 15) is 17.7 Å². The van der Waals surface area contributed by atoms with Gasteiger partial charge in [0.25, 0.3) is 0 Å². The van der Waals surface area contributed by atoms with E-state index in [4.69, 9.17) is 4.74 Å². The molecule has 8 heteroatoms. The molecular formula is C11H20BF3KNO2. The second-order valence-electron chi connectivity index (χ2n) is 5.88. The quantitative estimate of drug-likeness (QED) is 0.762. The van der Waals surface area contributed by atoms with Crippen LogP contribution in [0.15, 0.2) is 0 Å². The third-order valence-electron chi connectivity index (χ3n) is 3.03. The van der Waals surface area contributed by atoms with Gasteiger partial charge in [-0.2, -0.15) is 0 Å². The number of halogens is 3. The van der Waals surface area contributed by atoms with Crippen LogP contribution in [0.25, 0.3) is 0 Å². The van der Waals surface area contributed by atoms with Gasteiger partial charge in [0.2, 0.25) is 0 Å². The fourth-order valence-corrected chi connectivity index (χ4v) is 2.12. The van der Waals surface area contributed by atoms with E-state index in [1.165, 1.54) is 0 Å². The SMILES string of the molecule is CC(C)(C)OC(=O)NC1CCC([B-](F)(F)F)CC1.[K+]. The van der Waals surface area contributed by atoms with Crippen molar-refractivity contribution in [3.05, 3.63) is 0 Å². The van der Waals surface area contributed by atoms with E-state index in [0.29, 0.717) is 12.8 Å². The topological polar surface area (TPSA) is 38.3 Å². The van der Waals surface area contributed by atoms with Crippen molar-refractivity contribution >= 4 is 13.1 Å². The average molecular weight is 305 g/mol. The minimum absolute atomic E-state index is 0. The second kappa shape index (κ2) is 7.68. The molecule has 0 aliphatic heterocycles. The molecule has 0 unspecified atom stereocenters. The van der Waals surface area contributed by atoms with Crippen LogP contribution < -0.4 is 56.7 Å². The van der Waals surface area contributed by atoms with Crippen LogP contribution in [0, 0.1) is 0 Å². The van der Waals surface area contributed by atoms with Crippen molar-refractivity contribution in [3.8, 4) is 0 Å². The van der Waals surface area contributed by atoms with Crippen LogP contribution >= 0.6 is 0 Å². The summed E-state index contributed by atoms with van der Waals surface area (Å²) >= 11 is 0. The van der Waals surface area contributed by atoms with Gasteiger partial charge in [0.1, 0.15) is 5.60 Å². The summed E-state index contributed by atoms with van der Waals surface area (Å²) < 4.78 is 42.6. The van der Waals surface area contributed by atoms with Gasteiger partial charge in [0.15, 0.2) is 0 Å². The van der Waals surface area contributed by atoms with E-state index in [1.54, 1.807) is 20.8 Å². The molecule has 0 radical (unpaired) electrons. The minimum Gasteiger partial charge on any atom is -0.449 e. The smallest absolute Gasteiger partial charge is 0.449 e. The molecule has 0 aromatic heterocycles. The molecule has 3 nitrogen and oxygen atoms in total. The van der Waals surface area contributed by atoms with Crippen LogP contribution in [0.1, 0.15) is 46.5 Å². The fraction of sp³-hybridized carbons (Fsp3) is 0.909. The largest absolute Gasteiger partial charge is 1.00 e. The van der Waals surface area contributed by atoms with Crippen molar-refractivity contribution in [3.63, 3.8) is 0 Å². The summed E-state index contributed by atoms with van der Waals surface area (Å²) in [5, 5.41) is 2.63. The zero-order chi connectivity index (χ0) is 14.0. The molecule has 19 heavy (non-hydrogen) atoms. The Kier molecular flexibility index (Phi) is 7.99. The summed E-state index contributed by atoms with van der Waals surface area (Å²) in [6, 6.07) is -0.200. The van der Waals surface area contributed by atoms with Crippen molar-refractivity contribution in [2.45, 2.75) is 63.9 Å². The molecule has 1 aliphatic rings. The van der Waals surface area contributed by atoms with E-state index in [0.717, 1.165) is 0 Å². The van der Waals surface area contributed by atoms with Crippen molar-refractivity contribution < 1.29 is 73.9 Å². The van der Waals surface area contributed by atoms with E-state index >= 15 is 0 Å². The number of hydrogen-bond donors (Lipinski definition) is 1. The number of ether oxygens (including phenoxy) is 1. The van der Waals surface area contributed by atoms with Gasteiger partial charge in [0, 0.05) is 6.04 Å². The number of amides is 1. The molecule has 0 heterocycles. The Labute approximate surface area is 154 Å². The van der Waals surface area contributed by atoms with Crippen molar-refractivity contribution in [2.75, 3.05) is 0 Å². The molecule has 1 amide bonds. The number of hydrogen-bond acceptors (Lipinski definition) is 2. The number of carbonyl (C=O) groups excluding carboxylic acids is 1. The Bertz CT molecular complexity index is 299. The number of alkyl carbamates (subject to hydrolysis) is 1. The first kappa shape index (κ1) is 19.8. The summed E-state index contributed by atoms with van der Waals surface area (Å²) in [7, 11) is 0. The van der Waals surface area contributed by atoms with E-state index in [2.05, 4.69) is 5.32 Å². The number of carbonyl (C=O) groups is 1. The first-order valence-corrected chi connectivity index (χ1v) is 6.27. The molecule has 0 saturated heterocycles. The molecule has 0 aromatic rings. The molecule has 106 valence electrons. The number of nitrogens with one attached hydrogen (secondary N) is 1. The summed E-state index contributed by atoms with van der Waals surface area (Å²) in [6.07, 6.45) is 0.382. The third-order valence-corrected chi connectivity index (χ3v) is 3.03. The Morgan fingerprint density at radius 2 is 1.63 bits per heavy atom. The predicted octanol–water partition coefficient (Wildman–Crippen LogP) is 0.675. The molecule has 0 aromatic carbocycles. The van der Waals surface area contributed by atoms with Crippen molar-refractivity contribution in [1.82, 2.24) is 5.32 Å². The van der Waals surface area contributed by atoms with Crippen molar-refractivity contribution in [2.24, 2.45) is 0 Å². The summed E-state index contributed by atoms with van der Waals surface area (Å²) in [5.74, 6) is -1.17. The molecule has 0 bridgehead atoms. The normalized spacial score (nSPS) is 24.3. The van der Waals surface area contributed by atoms with Gasteiger partial charge in [-0.1, -0.05) is 18.7 Å². The van der Waals surface area contributed by atoms with Crippen LogP contribution in [-0.4, -0.2) is 24.7 Å². The zero-order valence-corrected chi connectivity index (χ0v) is 15.1. The molecular weight excluding hydrogens is 285 g/mol. The van der Waals surface area contributed by atoms with Gasteiger partial charge < -0.3 is 23.0 Å². The summed E-state index contributed by atoms with van der Waals surface area (Å²) in [4.78, 5) is 11.5. The Morgan fingerprint density at radius 3 is 2.00 bits per heavy atom. The molecule has 0 atom stereocenters. The Hall–Kier alpha value is 0.761. The first-order valence-electron chi connectivity index (χ1n) is 6.27. The molecule has 1 rings (SSSR count). The Morgan fingerprint density at radius 1 is 1.16 bits per heavy atom. The van der Waals surface area contributed by atoms with Gasteiger partial charge in [-0.15, -0.1) is 0 Å². The molecule has 1 aliphatic carbocycles. The average Bonchev–Trinajstić information content (AvgIpc) is 2.13. The van der Waals surface area contributed by atoms with Gasteiger partial charge >= 0.3 is 64.5 Å². The van der Waals surface area contributed by atoms with Gasteiger partial charge in [-0.25, -0.2) is 4.79 Å². The summed E-state index contributed by atoms with van der Waals surface area (Å²) in [6.45, 7) is 0.496. The van der Waals surface area contributed by atoms with Crippen LogP contribution in [-0.2, 0) is 4.74 Å². The molecule has 1 fully saturated rings. The molecule has 0 spiro atoms. The van der Waals surface area contributed by atoms with Crippen molar-refractivity contribution in [1.29, 1.82) is 0 Å². The third kappa shape index (κ3) is 7.94. The first-order chi connectivity index (χ1) is 8.08. The van der Waals surface area contributed by atoms with Gasteiger partial charge in [-0.05, 0) is 33.6 Å². The maximum Gasteiger partial charge on any atom is 1.00 e. The van der Waals surface area contributed by atoms with Gasteiger partial charge in [0.05, 0.1) is 0 Å². The zero-order valence-electron chi connectivity index (χ0n) is 12.0. The maximum absolute atomic E-state index is 12.5.